The molecule has 0 N–H and O–H groups in total. The van der Waals surface area contributed by atoms with Crippen LogP contribution in [-0.4, -0.2) is 0 Å². The zero-order valence-corrected chi connectivity index (χ0v) is 8.78. The van der Waals surface area contributed by atoms with Gasteiger partial charge in [0.15, 0.2) is 12.4 Å². The Kier molecular flexibility index (Phi) is 3.66. The lowest BCUT2D eigenvalue weighted by Gasteiger charge is -1.97. The molecule has 0 aliphatic heterocycles. The Morgan fingerprint density at radius 2 is 1.50 bits per heavy atom. The zero-order chi connectivity index (χ0) is 9.10. The number of hydrogen-bond donors (Lipinski definition) is 0. The maximum Gasteiger partial charge on any atom is 0.176 e. The monoisotopic (exact) mass is 205 g/mol. The van der Waals surface area contributed by atoms with Gasteiger partial charge in [0, 0.05) is 11.6 Å². The Hall–Kier alpha value is -1.34. The van der Waals surface area contributed by atoms with Gasteiger partial charge in [0.2, 0.25) is 0 Å². The Bertz CT molecular complexity index is 398. The van der Waals surface area contributed by atoms with Crippen molar-refractivity contribution in [3.8, 4) is 11.1 Å². The number of halogens is 1. The fraction of sp³-hybridized carbons (Fsp3) is 0.0833. The summed E-state index contributed by atoms with van der Waals surface area (Å²) in [6.45, 7) is 0. The van der Waals surface area contributed by atoms with Crippen LogP contribution in [0.15, 0.2) is 54.9 Å². The van der Waals surface area contributed by atoms with Crippen molar-refractivity contribution in [2.45, 2.75) is 0 Å². The molecule has 0 fully saturated rings. The first-order valence-corrected chi connectivity index (χ1v) is 4.37. The summed E-state index contributed by atoms with van der Waals surface area (Å²) in [5.74, 6) is 0. The summed E-state index contributed by atoms with van der Waals surface area (Å²) in [7, 11) is 2.03. The van der Waals surface area contributed by atoms with E-state index in [1.54, 1.807) is 0 Å². The molecule has 0 unspecified atom stereocenters. The molecule has 1 aromatic heterocycles. The molecule has 0 atom stereocenters. The van der Waals surface area contributed by atoms with Crippen LogP contribution in [0, 0.1) is 0 Å². The molecule has 2 aromatic rings. The Labute approximate surface area is 90.4 Å². The molecule has 0 radical (unpaired) electrons. The predicted octanol–water partition coefficient (Wildman–Crippen LogP) is -0.818. The highest BCUT2D eigenvalue weighted by molar-refractivity contribution is 5.61. The summed E-state index contributed by atoms with van der Waals surface area (Å²) in [6, 6.07) is 14.6. The smallest absolute Gasteiger partial charge is 0.176 e. The van der Waals surface area contributed by atoms with Crippen LogP contribution in [-0.2, 0) is 7.05 Å². The average Bonchev–Trinajstić information content (AvgIpc) is 2.19. The molecule has 1 aromatic carbocycles. The summed E-state index contributed by atoms with van der Waals surface area (Å²) >= 11 is 0. The molecule has 0 aliphatic rings. The number of pyridine rings is 1. The third kappa shape index (κ3) is 2.33. The molecule has 1 heterocycles. The number of hydrogen-bond acceptors (Lipinski definition) is 0. The normalized spacial score (nSPS) is 9.21. The summed E-state index contributed by atoms with van der Waals surface area (Å²) in [4.78, 5) is 0. The molecule has 0 spiro atoms. The third-order valence-electron chi connectivity index (χ3n) is 2.05. The Balaban J connectivity index is 0.000000980. The van der Waals surface area contributed by atoms with Crippen molar-refractivity contribution < 1.29 is 17.0 Å². The molecule has 0 bridgehead atoms. The van der Waals surface area contributed by atoms with E-state index in [1.165, 1.54) is 11.1 Å². The summed E-state index contributed by atoms with van der Waals surface area (Å²) in [6.07, 6.45) is 4.15. The first-order chi connectivity index (χ1) is 6.36. The van der Waals surface area contributed by atoms with Gasteiger partial charge in [-0.05, 0) is 11.6 Å². The second-order valence-corrected chi connectivity index (χ2v) is 3.12. The largest absolute Gasteiger partial charge is 1.00 e. The molecule has 0 aliphatic carbocycles. The topological polar surface area (TPSA) is 3.88 Å². The summed E-state index contributed by atoms with van der Waals surface area (Å²) < 4.78 is 2.06. The average molecular weight is 206 g/mol. The van der Waals surface area contributed by atoms with Crippen LogP contribution in [0.2, 0.25) is 0 Å². The highest BCUT2D eigenvalue weighted by Gasteiger charge is 1.99. The van der Waals surface area contributed by atoms with E-state index in [1.807, 2.05) is 19.3 Å². The standard InChI is InChI=1S/C12H12N.ClH/c1-13-9-5-8-12(10-13)11-6-3-2-4-7-11;/h2-10H,1H3;1H/q+1;/p-1. The van der Waals surface area contributed by atoms with Crippen LogP contribution in [0.5, 0.6) is 0 Å². The van der Waals surface area contributed by atoms with Gasteiger partial charge < -0.3 is 12.4 Å². The first-order valence-electron chi connectivity index (χ1n) is 4.37. The molecule has 0 saturated carbocycles. The van der Waals surface area contributed by atoms with E-state index in [4.69, 9.17) is 0 Å². The number of benzene rings is 1. The molecule has 1 nitrogen and oxygen atoms in total. The van der Waals surface area contributed by atoms with Crippen molar-refractivity contribution in [3.05, 3.63) is 54.9 Å². The van der Waals surface area contributed by atoms with Gasteiger partial charge in [-0.2, -0.15) is 0 Å². The molecule has 0 saturated heterocycles. The molecule has 2 heteroatoms. The SMILES string of the molecule is C[n+]1cccc(-c2ccccc2)c1.[Cl-]. The maximum atomic E-state index is 2.12. The van der Waals surface area contributed by atoms with Gasteiger partial charge in [-0.15, -0.1) is 0 Å². The second-order valence-electron chi connectivity index (χ2n) is 3.12. The molecule has 72 valence electrons. The zero-order valence-electron chi connectivity index (χ0n) is 8.02. The van der Waals surface area contributed by atoms with Crippen molar-refractivity contribution in [3.63, 3.8) is 0 Å². The fourth-order valence-corrected chi connectivity index (χ4v) is 1.39. The van der Waals surface area contributed by atoms with Crippen LogP contribution >= 0.6 is 0 Å². The maximum absolute atomic E-state index is 2.12. The van der Waals surface area contributed by atoms with Crippen molar-refractivity contribution in [1.29, 1.82) is 0 Å². The van der Waals surface area contributed by atoms with Crippen LogP contribution in [0.3, 0.4) is 0 Å². The quantitative estimate of drug-likeness (QED) is 0.536. The number of aromatic nitrogens is 1. The molecule has 14 heavy (non-hydrogen) atoms. The van der Waals surface area contributed by atoms with Crippen LogP contribution in [0.4, 0.5) is 0 Å². The number of nitrogens with zero attached hydrogens (tertiary/aromatic N) is 1. The van der Waals surface area contributed by atoms with Gasteiger partial charge in [0.1, 0.15) is 7.05 Å². The van der Waals surface area contributed by atoms with Gasteiger partial charge in [-0.25, -0.2) is 4.57 Å². The first kappa shape index (κ1) is 10.7. The molecule has 0 amide bonds. The predicted molar refractivity (Wildman–Crippen MR) is 53.1 cm³/mol. The minimum atomic E-state index is 0. The number of aryl methyl sites for hydroxylation is 1. The van der Waals surface area contributed by atoms with Gasteiger partial charge >= 0.3 is 0 Å². The highest BCUT2D eigenvalue weighted by atomic mass is 35.5. The molecular formula is C12H12ClN. The van der Waals surface area contributed by atoms with Crippen LogP contribution < -0.4 is 17.0 Å². The fourth-order valence-electron chi connectivity index (χ4n) is 1.39. The van der Waals surface area contributed by atoms with E-state index in [0.717, 1.165) is 0 Å². The van der Waals surface area contributed by atoms with Gasteiger partial charge in [0.25, 0.3) is 0 Å². The van der Waals surface area contributed by atoms with Crippen molar-refractivity contribution >= 4 is 0 Å². The van der Waals surface area contributed by atoms with Crippen molar-refractivity contribution in [2.75, 3.05) is 0 Å². The lowest BCUT2D eigenvalue weighted by Crippen LogP contribution is -3.00. The van der Waals surface area contributed by atoms with E-state index < -0.39 is 0 Å². The van der Waals surface area contributed by atoms with Crippen molar-refractivity contribution in [1.82, 2.24) is 0 Å². The van der Waals surface area contributed by atoms with Crippen molar-refractivity contribution in [2.24, 2.45) is 7.05 Å². The van der Waals surface area contributed by atoms with E-state index in [-0.39, 0.29) is 12.4 Å². The summed E-state index contributed by atoms with van der Waals surface area (Å²) in [5, 5.41) is 0. The molecule has 2 rings (SSSR count). The third-order valence-corrected chi connectivity index (χ3v) is 2.05. The van der Waals surface area contributed by atoms with Gasteiger partial charge in [-0.1, -0.05) is 30.3 Å². The Morgan fingerprint density at radius 1 is 0.857 bits per heavy atom. The van der Waals surface area contributed by atoms with E-state index in [0.29, 0.717) is 0 Å². The second kappa shape index (κ2) is 4.77. The lowest BCUT2D eigenvalue weighted by molar-refractivity contribution is -0.671. The minimum absolute atomic E-state index is 0. The van der Waals surface area contributed by atoms with E-state index >= 15 is 0 Å². The Morgan fingerprint density at radius 3 is 2.14 bits per heavy atom. The van der Waals surface area contributed by atoms with E-state index in [2.05, 4.69) is 47.2 Å². The molecular weight excluding hydrogens is 194 g/mol. The highest BCUT2D eigenvalue weighted by Crippen LogP contribution is 2.15. The van der Waals surface area contributed by atoms with Crippen LogP contribution in [0.1, 0.15) is 0 Å². The van der Waals surface area contributed by atoms with Gasteiger partial charge in [-0.3, -0.25) is 0 Å². The minimum Gasteiger partial charge on any atom is -1.00 e. The lowest BCUT2D eigenvalue weighted by atomic mass is 10.1. The van der Waals surface area contributed by atoms with Gasteiger partial charge in [0.05, 0.1) is 0 Å². The van der Waals surface area contributed by atoms with Crippen LogP contribution in [0.25, 0.3) is 11.1 Å². The number of rotatable bonds is 1. The van der Waals surface area contributed by atoms with E-state index in [9.17, 15) is 0 Å². The summed E-state index contributed by atoms with van der Waals surface area (Å²) in [5.41, 5.74) is 2.52.